The topological polar surface area (TPSA) is 93.9 Å². The summed E-state index contributed by atoms with van der Waals surface area (Å²) in [5.41, 5.74) is -0.239. The number of morpholine rings is 1. The van der Waals surface area contributed by atoms with Gasteiger partial charge in [0.05, 0.1) is 42.8 Å². The largest absolute Gasteiger partial charge is 0.478 e. The number of carbonyl (C=O) groups excluding carboxylic acids is 1. The summed E-state index contributed by atoms with van der Waals surface area (Å²) < 4.78 is 30.7. The van der Waals surface area contributed by atoms with E-state index in [-0.39, 0.29) is 30.2 Å². The van der Waals surface area contributed by atoms with Crippen LogP contribution in [0.15, 0.2) is 30.5 Å². The Hall–Kier alpha value is -2.26. The summed E-state index contributed by atoms with van der Waals surface area (Å²) in [6, 6.07) is -1.07. The molecule has 0 spiro atoms. The van der Waals surface area contributed by atoms with Crippen molar-refractivity contribution in [3.63, 3.8) is 0 Å². The van der Waals surface area contributed by atoms with E-state index in [1.165, 1.54) is 25.5 Å². The molecule has 3 aliphatic carbocycles. The van der Waals surface area contributed by atoms with E-state index in [1.54, 1.807) is 23.3 Å². The van der Waals surface area contributed by atoms with Crippen LogP contribution in [0.5, 0.6) is 0 Å². The molecule has 11 atom stereocenters. The summed E-state index contributed by atoms with van der Waals surface area (Å²) in [6.45, 7) is 0. The Balaban J connectivity index is 1.29. The molecular weight excluding hydrogens is 441 g/mol. The normalized spacial score (nSPS) is 47.2. The van der Waals surface area contributed by atoms with Gasteiger partial charge in [-0.2, -0.15) is 0 Å². The van der Waals surface area contributed by atoms with Gasteiger partial charge in [-0.15, -0.1) is 0 Å². The van der Waals surface area contributed by atoms with Gasteiger partial charge in [0.1, 0.15) is 17.8 Å². The van der Waals surface area contributed by atoms with E-state index >= 15 is 4.39 Å². The third kappa shape index (κ3) is 2.92. The molecule has 34 heavy (non-hydrogen) atoms. The Kier molecular flexibility index (Phi) is 4.72. The molecule has 11 unspecified atom stereocenters. The van der Waals surface area contributed by atoms with E-state index < -0.39 is 42.0 Å². The van der Waals surface area contributed by atoms with Crippen molar-refractivity contribution in [1.82, 2.24) is 14.5 Å². The maximum atomic E-state index is 15.6. The van der Waals surface area contributed by atoms with Crippen molar-refractivity contribution >= 4 is 11.8 Å². The lowest BCUT2D eigenvalue weighted by Gasteiger charge is -2.60. The number of aromatic nitrogens is 2. The zero-order valence-corrected chi connectivity index (χ0v) is 18.9. The van der Waals surface area contributed by atoms with Gasteiger partial charge in [0.25, 0.3) is 0 Å². The lowest BCUT2D eigenvalue weighted by molar-refractivity contribution is -0.215. The van der Waals surface area contributed by atoms with Crippen LogP contribution in [0.1, 0.15) is 51.0 Å². The number of ketones is 1. The second-order valence-electron chi connectivity index (χ2n) is 11.0. The zero-order valence-electron chi connectivity index (χ0n) is 18.9. The molecule has 5 fully saturated rings. The molecule has 4 heterocycles. The predicted octanol–water partition coefficient (Wildman–Crippen LogP) is 2.51. The van der Waals surface area contributed by atoms with Gasteiger partial charge in [-0.1, -0.05) is 12.8 Å². The second kappa shape index (κ2) is 7.62. The smallest absolute Gasteiger partial charge is 0.340 e. The highest BCUT2D eigenvalue weighted by atomic mass is 19.1. The maximum absolute atomic E-state index is 15.6. The number of nitrogens with zero attached hydrogens (tertiary/aromatic N) is 3. The van der Waals surface area contributed by atoms with Crippen LogP contribution in [0.2, 0.25) is 0 Å². The first-order chi connectivity index (χ1) is 16.5. The molecule has 2 saturated heterocycles. The Morgan fingerprint density at radius 1 is 1.06 bits per heavy atom. The molecule has 0 amide bonds. The number of ether oxygens (including phenoxy) is 2. The van der Waals surface area contributed by atoms with E-state index in [4.69, 9.17) is 9.47 Å². The van der Waals surface area contributed by atoms with Gasteiger partial charge in [0.15, 0.2) is 5.78 Å². The average molecular weight is 472 g/mol. The highest BCUT2D eigenvalue weighted by Gasteiger charge is 2.61. The predicted molar refractivity (Wildman–Crippen MR) is 116 cm³/mol. The van der Waals surface area contributed by atoms with Crippen LogP contribution in [0.25, 0.3) is 0 Å². The Labute approximate surface area is 197 Å². The van der Waals surface area contributed by atoms with Crippen molar-refractivity contribution in [2.45, 2.75) is 93.7 Å². The van der Waals surface area contributed by atoms with E-state index in [1.807, 2.05) is 0 Å². The SMILES string of the molecule is O=C(O)C1=CN2C3CC4OC5CCCCC5C4CC3OC3C2C(CC(F)C3n2ccnc2)C1=O. The van der Waals surface area contributed by atoms with E-state index in [0.717, 1.165) is 19.3 Å². The number of Topliss-reactive ketones (excluding diaryl/α,β-unsaturated/α-hetero) is 1. The van der Waals surface area contributed by atoms with Crippen LogP contribution in [0, 0.1) is 17.8 Å². The number of halogens is 1. The van der Waals surface area contributed by atoms with Crippen LogP contribution in [0.3, 0.4) is 0 Å². The fourth-order valence-electron chi connectivity index (χ4n) is 8.16. The summed E-state index contributed by atoms with van der Waals surface area (Å²) in [4.78, 5) is 31.3. The number of aliphatic carboxylic acids is 1. The second-order valence-corrected chi connectivity index (χ2v) is 11.0. The van der Waals surface area contributed by atoms with Crippen molar-refractivity contribution in [3.05, 3.63) is 30.5 Å². The average Bonchev–Trinajstić information content (AvgIpc) is 3.47. The highest BCUT2D eigenvalue weighted by molar-refractivity contribution is 6.18. The Bertz CT molecular complexity index is 1030. The van der Waals surface area contributed by atoms with Crippen molar-refractivity contribution in [2.24, 2.45) is 17.8 Å². The molecule has 3 saturated carbocycles. The quantitative estimate of drug-likeness (QED) is 0.663. The summed E-state index contributed by atoms with van der Waals surface area (Å²) in [5.74, 6) is -1.49. The van der Waals surface area contributed by atoms with Crippen LogP contribution in [-0.2, 0) is 19.1 Å². The third-order valence-electron chi connectivity index (χ3n) is 9.51. The first-order valence-corrected chi connectivity index (χ1v) is 12.7. The molecule has 1 aromatic rings. The number of rotatable bonds is 2. The minimum absolute atomic E-state index is 0.0165. The van der Waals surface area contributed by atoms with Crippen molar-refractivity contribution in [2.75, 3.05) is 0 Å². The summed E-state index contributed by atoms with van der Waals surface area (Å²) >= 11 is 0. The molecule has 0 bridgehead atoms. The number of hydrogen-bond acceptors (Lipinski definition) is 6. The molecule has 8 nitrogen and oxygen atoms in total. The van der Waals surface area contributed by atoms with Gasteiger partial charge in [0, 0.05) is 24.5 Å². The molecule has 1 N–H and O–H groups in total. The number of carboxylic acids is 1. The van der Waals surface area contributed by atoms with Crippen LogP contribution in [0.4, 0.5) is 4.39 Å². The van der Waals surface area contributed by atoms with Crippen LogP contribution in [-0.4, -0.2) is 74.0 Å². The summed E-state index contributed by atoms with van der Waals surface area (Å²) in [5, 5.41) is 9.77. The van der Waals surface area contributed by atoms with Crippen molar-refractivity contribution in [3.8, 4) is 0 Å². The first kappa shape index (κ1) is 21.1. The molecular formula is C25H30FN3O5. The van der Waals surface area contributed by atoms with Gasteiger partial charge in [-0.25, -0.2) is 14.2 Å². The van der Waals surface area contributed by atoms with E-state index in [2.05, 4.69) is 9.88 Å². The molecule has 0 aromatic carbocycles. The number of carbonyl (C=O) groups is 2. The summed E-state index contributed by atoms with van der Waals surface area (Å²) in [7, 11) is 0. The van der Waals surface area contributed by atoms with Gasteiger partial charge in [-0.3, -0.25) is 4.79 Å². The lowest BCUT2D eigenvalue weighted by atomic mass is 9.67. The highest BCUT2D eigenvalue weighted by Crippen LogP contribution is 2.53. The van der Waals surface area contributed by atoms with Gasteiger partial charge >= 0.3 is 5.97 Å². The van der Waals surface area contributed by atoms with Crippen molar-refractivity contribution in [1.29, 1.82) is 0 Å². The number of hydrogen-bond donors (Lipinski definition) is 1. The lowest BCUT2D eigenvalue weighted by Crippen LogP contribution is -2.70. The molecule has 3 aliphatic heterocycles. The zero-order chi connectivity index (χ0) is 23.1. The number of alkyl halides is 1. The maximum Gasteiger partial charge on any atom is 0.340 e. The third-order valence-corrected chi connectivity index (χ3v) is 9.51. The monoisotopic (exact) mass is 471 g/mol. The molecule has 7 rings (SSSR count). The molecule has 1 aromatic heterocycles. The molecule has 0 radical (unpaired) electrons. The van der Waals surface area contributed by atoms with E-state index in [0.29, 0.717) is 17.9 Å². The molecule has 182 valence electrons. The van der Waals surface area contributed by atoms with Gasteiger partial charge < -0.3 is 24.0 Å². The Morgan fingerprint density at radius 3 is 2.71 bits per heavy atom. The van der Waals surface area contributed by atoms with Gasteiger partial charge in [0.2, 0.25) is 0 Å². The summed E-state index contributed by atoms with van der Waals surface area (Å²) in [6.07, 6.45) is 11.2. The fourth-order valence-corrected chi connectivity index (χ4v) is 8.16. The van der Waals surface area contributed by atoms with Crippen LogP contribution >= 0.6 is 0 Å². The molecule has 9 heteroatoms. The number of imidazole rings is 1. The standard InChI is InChI=1S/C25H30FN3O5/c26-16-7-14-21-24(22(16)28-6-5-27-11-28)34-20-8-13-12-3-1-2-4-18(12)33-19(13)9-17(20)29(21)10-15(23(14)30)25(31)32/h5-6,10-14,16-22,24H,1-4,7-9H2,(H,31,32). The minimum atomic E-state index is -1.33. The molecule has 6 aliphatic rings. The fraction of sp³-hybridized carbons (Fsp3) is 0.720. The Morgan fingerprint density at radius 2 is 1.91 bits per heavy atom. The number of fused-ring (bicyclic) bond motifs is 5. The van der Waals surface area contributed by atoms with Gasteiger partial charge in [-0.05, 0) is 43.9 Å². The minimum Gasteiger partial charge on any atom is -0.478 e. The van der Waals surface area contributed by atoms with Crippen LogP contribution < -0.4 is 0 Å². The van der Waals surface area contributed by atoms with E-state index in [9.17, 15) is 14.7 Å². The van der Waals surface area contributed by atoms with Crippen molar-refractivity contribution < 1.29 is 28.6 Å². The number of carboxylic acid groups (broad SMARTS) is 1. The first-order valence-electron chi connectivity index (χ1n) is 12.7.